The largest absolute Gasteiger partial charge is 0.456 e. The molecule has 9 heteroatoms. The first-order valence-electron chi connectivity index (χ1n) is 18.1. The number of hydrogen-bond donors (Lipinski definition) is 0. The average Bonchev–Trinajstić information content (AvgIpc) is 4.05. The Kier molecular flexibility index (Phi) is 6.43. The Bertz CT molecular complexity index is 3230. The molecule has 0 radical (unpaired) electrons. The molecule has 7 aromatic carbocycles. The van der Waals surface area contributed by atoms with E-state index in [1.807, 2.05) is 140 Å². The Hall–Kier alpha value is -7.91. The summed E-state index contributed by atoms with van der Waals surface area (Å²) in [6.07, 6.45) is 0. The van der Waals surface area contributed by atoms with Crippen molar-refractivity contribution in [3.05, 3.63) is 152 Å². The number of rotatable bonds is 5. The minimum absolute atomic E-state index is 0.506. The van der Waals surface area contributed by atoms with E-state index >= 15 is 0 Å². The predicted molar refractivity (Wildman–Crippen MR) is 217 cm³/mol. The Balaban J connectivity index is 1.07. The van der Waals surface area contributed by atoms with E-state index in [9.17, 15) is 0 Å². The summed E-state index contributed by atoms with van der Waals surface area (Å²) in [6.45, 7) is 0. The van der Waals surface area contributed by atoms with Crippen LogP contribution in [0.25, 0.3) is 123 Å². The van der Waals surface area contributed by atoms with E-state index in [2.05, 4.69) is 12.1 Å². The van der Waals surface area contributed by atoms with E-state index in [0.29, 0.717) is 40.4 Å². The highest BCUT2D eigenvalue weighted by Gasteiger charge is 2.22. The van der Waals surface area contributed by atoms with Crippen LogP contribution in [0.4, 0.5) is 0 Å². The molecular weight excluding hydrogens is 699 g/mol. The predicted octanol–water partition coefficient (Wildman–Crippen LogP) is 12.3. The standard InChI is InChI=1S/C47H25N5O4/c1-2-10-26(11-3-1)43-50-44(29-12-8-18-39-41(29)31-24-27(20-22-35(31)53-39)46-48-33-14-4-6-16-37(33)55-46)52-45(51-43)30-13-9-19-40-42(30)32-25-28(21-23-36(32)54-40)47-49-34-15-5-7-17-38(34)56-47/h1-25H. The first-order chi connectivity index (χ1) is 27.7. The smallest absolute Gasteiger partial charge is 0.227 e. The van der Waals surface area contributed by atoms with Gasteiger partial charge < -0.3 is 17.7 Å². The van der Waals surface area contributed by atoms with E-state index in [1.165, 1.54) is 0 Å². The molecule has 0 saturated heterocycles. The Morgan fingerprint density at radius 1 is 0.304 bits per heavy atom. The molecule has 0 aliphatic rings. The Morgan fingerprint density at radius 3 is 1.29 bits per heavy atom. The molecule has 0 aliphatic heterocycles. The van der Waals surface area contributed by atoms with Gasteiger partial charge in [-0.25, -0.2) is 24.9 Å². The monoisotopic (exact) mass is 723 g/mol. The molecule has 0 N–H and O–H groups in total. The molecule has 0 unspecified atom stereocenters. The summed E-state index contributed by atoms with van der Waals surface area (Å²) < 4.78 is 25.1. The Labute approximate surface area is 316 Å². The van der Waals surface area contributed by atoms with Crippen LogP contribution in [-0.4, -0.2) is 24.9 Å². The maximum Gasteiger partial charge on any atom is 0.227 e. The highest BCUT2D eigenvalue weighted by molar-refractivity contribution is 6.14. The van der Waals surface area contributed by atoms with Crippen molar-refractivity contribution in [1.29, 1.82) is 0 Å². The van der Waals surface area contributed by atoms with Crippen LogP contribution in [0.1, 0.15) is 0 Å². The summed E-state index contributed by atoms with van der Waals surface area (Å²) in [7, 11) is 0. The van der Waals surface area contributed by atoms with Gasteiger partial charge >= 0.3 is 0 Å². The number of aromatic nitrogens is 5. The molecule has 0 atom stereocenters. The SMILES string of the molecule is c1ccc(-c2nc(-c3cccc4oc5ccc(-c6nc7ccccc7o6)cc5c34)nc(-c3cccc4oc5ccc(-c6nc7ccccc7o6)cc5c34)n2)cc1. The molecule has 0 saturated carbocycles. The third-order valence-electron chi connectivity index (χ3n) is 10.2. The fraction of sp³-hybridized carbons (Fsp3) is 0. The number of furan rings is 2. The van der Waals surface area contributed by atoms with E-state index in [0.717, 1.165) is 82.7 Å². The molecule has 9 nitrogen and oxygen atoms in total. The molecule has 262 valence electrons. The molecule has 0 aliphatic carbocycles. The second kappa shape index (κ2) is 11.8. The normalized spacial score (nSPS) is 11.9. The van der Waals surface area contributed by atoms with Crippen molar-refractivity contribution in [2.75, 3.05) is 0 Å². The van der Waals surface area contributed by atoms with Crippen LogP contribution in [-0.2, 0) is 0 Å². The maximum atomic E-state index is 6.41. The molecule has 56 heavy (non-hydrogen) atoms. The topological polar surface area (TPSA) is 117 Å². The summed E-state index contributed by atoms with van der Waals surface area (Å²) in [5.41, 5.74) is 10.1. The number of para-hydroxylation sites is 4. The molecule has 0 fully saturated rings. The van der Waals surface area contributed by atoms with Crippen molar-refractivity contribution < 1.29 is 17.7 Å². The van der Waals surface area contributed by atoms with Gasteiger partial charge in [0.25, 0.3) is 0 Å². The lowest BCUT2D eigenvalue weighted by Gasteiger charge is -2.10. The van der Waals surface area contributed by atoms with E-state index in [1.54, 1.807) is 0 Å². The van der Waals surface area contributed by atoms with Crippen LogP contribution >= 0.6 is 0 Å². The number of benzene rings is 7. The van der Waals surface area contributed by atoms with Gasteiger partial charge in [-0.3, -0.25) is 0 Å². The minimum Gasteiger partial charge on any atom is -0.456 e. The van der Waals surface area contributed by atoms with Crippen LogP contribution in [0.15, 0.2) is 169 Å². The van der Waals surface area contributed by atoms with Crippen molar-refractivity contribution in [2.24, 2.45) is 0 Å². The minimum atomic E-state index is 0.506. The van der Waals surface area contributed by atoms with Crippen LogP contribution in [0, 0.1) is 0 Å². The van der Waals surface area contributed by atoms with E-state index in [4.69, 9.17) is 42.6 Å². The molecule has 0 spiro atoms. The first-order valence-corrected chi connectivity index (χ1v) is 18.1. The van der Waals surface area contributed by atoms with Gasteiger partial charge in [-0.1, -0.05) is 78.9 Å². The third kappa shape index (κ3) is 4.77. The van der Waals surface area contributed by atoms with Gasteiger partial charge in [0.05, 0.1) is 0 Å². The van der Waals surface area contributed by atoms with Crippen molar-refractivity contribution in [3.8, 4) is 57.1 Å². The third-order valence-corrected chi connectivity index (χ3v) is 10.2. The van der Waals surface area contributed by atoms with Gasteiger partial charge in [0.1, 0.15) is 33.4 Å². The molecule has 0 bridgehead atoms. The second-order valence-electron chi connectivity index (χ2n) is 13.6. The number of fused-ring (bicyclic) bond motifs is 8. The molecule has 5 heterocycles. The lowest BCUT2D eigenvalue weighted by atomic mass is 10.0. The molecule has 12 rings (SSSR count). The lowest BCUT2D eigenvalue weighted by molar-refractivity contribution is 0.619. The number of nitrogens with zero attached hydrogens (tertiary/aromatic N) is 5. The quantitative estimate of drug-likeness (QED) is 0.171. The molecule has 5 aromatic heterocycles. The summed E-state index contributed by atoms with van der Waals surface area (Å²) >= 11 is 0. The van der Waals surface area contributed by atoms with Crippen molar-refractivity contribution in [3.63, 3.8) is 0 Å². The van der Waals surface area contributed by atoms with Gasteiger partial charge in [-0.2, -0.15) is 0 Å². The highest BCUT2D eigenvalue weighted by Crippen LogP contribution is 2.41. The van der Waals surface area contributed by atoms with Gasteiger partial charge in [0, 0.05) is 49.4 Å². The van der Waals surface area contributed by atoms with Crippen LogP contribution in [0.3, 0.4) is 0 Å². The maximum absolute atomic E-state index is 6.41. The molecular formula is C47H25N5O4. The summed E-state index contributed by atoms with van der Waals surface area (Å²) in [5, 5.41) is 3.56. The lowest BCUT2D eigenvalue weighted by Crippen LogP contribution is -2.00. The van der Waals surface area contributed by atoms with Gasteiger partial charge in [-0.15, -0.1) is 0 Å². The van der Waals surface area contributed by atoms with Crippen LogP contribution in [0.5, 0.6) is 0 Å². The number of hydrogen-bond acceptors (Lipinski definition) is 9. The fourth-order valence-corrected chi connectivity index (χ4v) is 7.62. The van der Waals surface area contributed by atoms with Crippen LogP contribution in [0.2, 0.25) is 0 Å². The van der Waals surface area contributed by atoms with E-state index in [-0.39, 0.29) is 0 Å². The summed E-state index contributed by atoms with van der Waals surface area (Å²) in [4.78, 5) is 25.0. The molecule has 12 aromatic rings. The second-order valence-corrected chi connectivity index (χ2v) is 13.6. The van der Waals surface area contributed by atoms with Gasteiger partial charge in [-0.05, 0) is 72.8 Å². The average molecular weight is 724 g/mol. The zero-order valence-electron chi connectivity index (χ0n) is 29.3. The van der Waals surface area contributed by atoms with Crippen molar-refractivity contribution in [2.45, 2.75) is 0 Å². The van der Waals surface area contributed by atoms with E-state index < -0.39 is 0 Å². The first kappa shape index (κ1) is 30.5. The van der Waals surface area contributed by atoms with Gasteiger partial charge in [0.2, 0.25) is 11.8 Å². The summed E-state index contributed by atoms with van der Waals surface area (Å²) in [5.74, 6) is 2.62. The van der Waals surface area contributed by atoms with Gasteiger partial charge in [0.15, 0.2) is 28.6 Å². The number of oxazole rings is 2. The van der Waals surface area contributed by atoms with Crippen molar-refractivity contribution >= 4 is 66.1 Å². The molecule has 0 amide bonds. The Morgan fingerprint density at radius 2 is 0.768 bits per heavy atom. The van der Waals surface area contributed by atoms with Crippen molar-refractivity contribution in [1.82, 2.24) is 24.9 Å². The highest BCUT2D eigenvalue weighted by atomic mass is 16.4. The fourth-order valence-electron chi connectivity index (χ4n) is 7.62. The zero-order chi connectivity index (χ0) is 36.7. The van der Waals surface area contributed by atoms with Crippen LogP contribution < -0.4 is 0 Å². The zero-order valence-corrected chi connectivity index (χ0v) is 29.3. The summed E-state index contributed by atoms with van der Waals surface area (Å²) in [6, 6.07) is 49.3.